The van der Waals surface area contributed by atoms with Gasteiger partial charge in [0.1, 0.15) is 12.4 Å². The van der Waals surface area contributed by atoms with Crippen LogP contribution >= 0.6 is 0 Å². The summed E-state index contributed by atoms with van der Waals surface area (Å²) < 4.78 is 15.1. The van der Waals surface area contributed by atoms with Crippen molar-refractivity contribution in [2.75, 3.05) is 44.4 Å². The molecule has 2 aliphatic heterocycles. The van der Waals surface area contributed by atoms with Gasteiger partial charge in [-0.1, -0.05) is 6.07 Å². The Morgan fingerprint density at radius 2 is 1.81 bits per heavy atom. The molecule has 0 aliphatic carbocycles. The monoisotopic (exact) mass is 374 g/mol. The summed E-state index contributed by atoms with van der Waals surface area (Å²) >= 11 is 0. The molecule has 0 saturated carbocycles. The summed E-state index contributed by atoms with van der Waals surface area (Å²) in [5.41, 5.74) is 1.78. The number of anilines is 2. The van der Waals surface area contributed by atoms with Crippen molar-refractivity contribution in [2.24, 2.45) is 0 Å². The Labute approximate surface area is 157 Å². The Bertz CT molecular complexity index is 858. The van der Waals surface area contributed by atoms with E-state index in [1.165, 1.54) is 14.2 Å². The summed E-state index contributed by atoms with van der Waals surface area (Å²) in [4.78, 5) is 40.1. The van der Waals surface area contributed by atoms with Gasteiger partial charge in [-0.3, -0.25) is 4.79 Å². The minimum atomic E-state index is -0.663. The van der Waals surface area contributed by atoms with Gasteiger partial charge in [0.05, 0.1) is 31.8 Å². The molecular weight excluding hydrogens is 352 g/mol. The van der Waals surface area contributed by atoms with E-state index in [1.807, 2.05) is 19.9 Å². The quantitative estimate of drug-likeness (QED) is 0.738. The third kappa shape index (κ3) is 2.86. The molecule has 2 aliphatic rings. The molecule has 0 unspecified atom stereocenters. The molecule has 27 heavy (non-hydrogen) atoms. The van der Waals surface area contributed by atoms with Crippen LogP contribution in [-0.2, 0) is 34.0 Å². The van der Waals surface area contributed by atoms with Gasteiger partial charge in [0, 0.05) is 18.4 Å². The van der Waals surface area contributed by atoms with Gasteiger partial charge in [-0.25, -0.2) is 9.59 Å². The maximum absolute atomic E-state index is 12.5. The van der Waals surface area contributed by atoms with Gasteiger partial charge in [-0.05, 0) is 31.5 Å². The van der Waals surface area contributed by atoms with Gasteiger partial charge in [-0.15, -0.1) is 0 Å². The van der Waals surface area contributed by atoms with Crippen LogP contribution in [0, 0.1) is 0 Å². The van der Waals surface area contributed by atoms with Crippen LogP contribution in [0.5, 0.6) is 0 Å². The van der Waals surface area contributed by atoms with E-state index in [9.17, 15) is 14.4 Å². The van der Waals surface area contributed by atoms with Gasteiger partial charge < -0.3 is 24.0 Å². The van der Waals surface area contributed by atoms with Crippen molar-refractivity contribution >= 4 is 29.2 Å². The first-order valence-corrected chi connectivity index (χ1v) is 8.41. The summed E-state index contributed by atoms with van der Waals surface area (Å²) in [5, 5.41) is 0. The lowest BCUT2D eigenvalue weighted by atomic mass is 9.86. The number of esters is 2. The summed E-state index contributed by atoms with van der Waals surface area (Å²) in [6.45, 7) is 3.75. The minimum absolute atomic E-state index is 0.0106. The molecule has 8 nitrogen and oxygen atoms in total. The van der Waals surface area contributed by atoms with Crippen LogP contribution in [-0.4, -0.2) is 52.5 Å². The number of amides is 1. The second-order valence-corrected chi connectivity index (χ2v) is 6.91. The average Bonchev–Trinajstić information content (AvgIpc) is 2.86. The fourth-order valence-electron chi connectivity index (χ4n) is 3.49. The number of hydrogen-bond donors (Lipinski definition) is 0. The van der Waals surface area contributed by atoms with Crippen molar-refractivity contribution in [3.8, 4) is 0 Å². The predicted molar refractivity (Wildman–Crippen MR) is 97.2 cm³/mol. The third-order valence-corrected chi connectivity index (χ3v) is 5.00. The van der Waals surface area contributed by atoms with Gasteiger partial charge in [-0.2, -0.15) is 0 Å². The van der Waals surface area contributed by atoms with Crippen molar-refractivity contribution in [1.82, 2.24) is 0 Å². The van der Waals surface area contributed by atoms with Crippen molar-refractivity contribution < 1.29 is 28.6 Å². The normalized spacial score (nSPS) is 18.5. The third-order valence-electron chi connectivity index (χ3n) is 5.00. The first-order valence-electron chi connectivity index (χ1n) is 8.41. The Kier molecular flexibility index (Phi) is 4.69. The van der Waals surface area contributed by atoms with E-state index in [0.29, 0.717) is 5.69 Å². The van der Waals surface area contributed by atoms with Crippen molar-refractivity contribution in [3.63, 3.8) is 0 Å². The zero-order valence-electron chi connectivity index (χ0n) is 16.0. The molecule has 144 valence electrons. The van der Waals surface area contributed by atoms with Crippen molar-refractivity contribution in [2.45, 2.75) is 19.3 Å². The highest BCUT2D eigenvalue weighted by Gasteiger charge is 2.42. The SMILES string of the molecule is COC(=O)C1=C(C(=O)OC)N(c2ccc3c(c2)N(C)C(=O)C3(C)C)COC1. The molecule has 1 amide bonds. The second kappa shape index (κ2) is 6.70. The Morgan fingerprint density at radius 1 is 1.15 bits per heavy atom. The number of methoxy groups -OCH3 is 2. The Hall–Kier alpha value is -2.87. The van der Waals surface area contributed by atoms with Crippen LogP contribution in [0.1, 0.15) is 19.4 Å². The van der Waals surface area contributed by atoms with E-state index in [0.717, 1.165) is 11.3 Å². The molecule has 0 N–H and O–H groups in total. The molecule has 0 atom stereocenters. The zero-order chi connectivity index (χ0) is 19.9. The van der Waals surface area contributed by atoms with E-state index < -0.39 is 17.4 Å². The lowest BCUT2D eigenvalue weighted by Crippen LogP contribution is -2.38. The molecule has 0 bridgehead atoms. The van der Waals surface area contributed by atoms with Crippen LogP contribution in [0.15, 0.2) is 29.5 Å². The number of benzene rings is 1. The smallest absolute Gasteiger partial charge is 0.355 e. The summed E-state index contributed by atoms with van der Waals surface area (Å²) in [5.74, 6) is -1.33. The fourth-order valence-corrected chi connectivity index (χ4v) is 3.49. The molecule has 0 radical (unpaired) electrons. The summed E-state index contributed by atoms with van der Waals surface area (Å²) in [6, 6.07) is 5.45. The maximum Gasteiger partial charge on any atom is 0.355 e. The van der Waals surface area contributed by atoms with Crippen LogP contribution in [0.2, 0.25) is 0 Å². The Morgan fingerprint density at radius 3 is 2.44 bits per heavy atom. The van der Waals surface area contributed by atoms with Crippen LogP contribution < -0.4 is 9.80 Å². The maximum atomic E-state index is 12.5. The molecule has 1 aromatic carbocycles. The highest BCUT2D eigenvalue weighted by Crippen LogP contribution is 2.43. The molecule has 0 saturated heterocycles. The van der Waals surface area contributed by atoms with E-state index in [2.05, 4.69) is 0 Å². The van der Waals surface area contributed by atoms with E-state index in [4.69, 9.17) is 14.2 Å². The van der Waals surface area contributed by atoms with Crippen LogP contribution in [0.25, 0.3) is 0 Å². The molecule has 2 heterocycles. The van der Waals surface area contributed by atoms with E-state index in [1.54, 1.807) is 29.0 Å². The molecule has 3 rings (SSSR count). The van der Waals surface area contributed by atoms with Gasteiger partial charge in [0.2, 0.25) is 5.91 Å². The lowest BCUT2D eigenvalue weighted by molar-refractivity contribution is -0.140. The highest BCUT2D eigenvalue weighted by molar-refractivity contribution is 6.08. The number of rotatable bonds is 3. The minimum Gasteiger partial charge on any atom is -0.466 e. The Balaban J connectivity index is 2.12. The van der Waals surface area contributed by atoms with Crippen molar-refractivity contribution in [1.29, 1.82) is 0 Å². The largest absolute Gasteiger partial charge is 0.466 e. The van der Waals surface area contributed by atoms with Crippen LogP contribution in [0.4, 0.5) is 11.4 Å². The molecule has 0 fully saturated rings. The predicted octanol–water partition coefficient (Wildman–Crippen LogP) is 1.33. The number of carbonyl (C=O) groups is 3. The van der Waals surface area contributed by atoms with E-state index >= 15 is 0 Å². The number of carbonyl (C=O) groups excluding carboxylic acids is 3. The van der Waals surface area contributed by atoms with Gasteiger partial charge in [0.15, 0.2) is 0 Å². The van der Waals surface area contributed by atoms with E-state index in [-0.39, 0.29) is 30.5 Å². The first kappa shape index (κ1) is 18.9. The molecule has 0 spiro atoms. The van der Waals surface area contributed by atoms with Gasteiger partial charge >= 0.3 is 11.9 Å². The number of fused-ring (bicyclic) bond motifs is 1. The fraction of sp³-hybridized carbons (Fsp3) is 0.421. The number of hydrogen-bond acceptors (Lipinski definition) is 7. The average molecular weight is 374 g/mol. The summed E-state index contributed by atoms with van der Waals surface area (Å²) in [6.07, 6.45) is 0. The second-order valence-electron chi connectivity index (χ2n) is 6.91. The van der Waals surface area contributed by atoms with Crippen molar-refractivity contribution in [3.05, 3.63) is 35.0 Å². The first-order chi connectivity index (χ1) is 12.7. The number of likely N-dealkylation sites (N-methyl/N-ethyl adjacent to an activating group) is 1. The zero-order valence-corrected chi connectivity index (χ0v) is 16.0. The summed E-state index contributed by atoms with van der Waals surface area (Å²) in [7, 11) is 4.19. The number of ether oxygens (including phenoxy) is 3. The van der Waals surface area contributed by atoms with Crippen LogP contribution in [0.3, 0.4) is 0 Å². The lowest BCUT2D eigenvalue weighted by Gasteiger charge is -2.31. The molecular formula is C19H22N2O6. The van der Waals surface area contributed by atoms with Gasteiger partial charge in [0.25, 0.3) is 0 Å². The number of nitrogens with zero attached hydrogens (tertiary/aromatic N) is 2. The standard InChI is InChI=1S/C19H22N2O6/c1-19(2)13-7-6-11(8-14(13)20(3)18(19)24)21-10-27-9-12(16(22)25-4)15(21)17(23)26-5/h6-8H,9-10H2,1-5H3. The molecule has 0 aromatic heterocycles. The highest BCUT2D eigenvalue weighted by atomic mass is 16.5. The molecule has 8 heteroatoms. The molecule has 1 aromatic rings. The topological polar surface area (TPSA) is 85.4 Å².